The molecule has 0 aliphatic rings. The molecule has 0 N–H and O–H groups in total. The van der Waals surface area contributed by atoms with Crippen LogP contribution in [0.15, 0.2) is 54.9 Å². The lowest BCUT2D eigenvalue weighted by Crippen LogP contribution is -1.92. The fourth-order valence-electron chi connectivity index (χ4n) is 2.42. The number of benzene rings is 2. The first-order valence-corrected chi connectivity index (χ1v) is 6.60. The first kappa shape index (κ1) is 11.8. The summed E-state index contributed by atoms with van der Waals surface area (Å²) in [5.74, 6) is 1.59. The second kappa shape index (κ2) is 4.56. The molecule has 0 fully saturated rings. The molecular formula is C16H12N4O. The molecule has 2 heterocycles. The summed E-state index contributed by atoms with van der Waals surface area (Å²) in [4.78, 5) is 4.46. The number of fused-ring (bicyclic) bond motifs is 3. The van der Waals surface area contributed by atoms with Gasteiger partial charge in [0.05, 0.1) is 12.6 Å². The highest BCUT2D eigenvalue weighted by atomic mass is 16.5. The van der Waals surface area contributed by atoms with Crippen molar-refractivity contribution in [2.45, 2.75) is 0 Å². The molecule has 0 unspecified atom stereocenters. The zero-order chi connectivity index (χ0) is 14.2. The van der Waals surface area contributed by atoms with Crippen molar-refractivity contribution in [2.75, 3.05) is 7.11 Å². The van der Waals surface area contributed by atoms with E-state index < -0.39 is 0 Å². The van der Waals surface area contributed by atoms with Gasteiger partial charge in [0, 0.05) is 10.9 Å². The molecule has 2 aromatic heterocycles. The fourth-order valence-corrected chi connectivity index (χ4v) is 2.42. The van der Waals surface area contributed by atoms with Crippen molar-refractivity contribution < 1.29 is 4.74 Å². The number of rotatable bonds is 2. The second-order valence-corrected chi connectivity index (χ2v) is 4.71. The van der Waals surface area contributed by atoms with E-state index in [1.165, 1.54) is 0 Å². The molecule has 0 bridgehead atoms. The third-order valence-electron chi connectivity index (χ3n) is 3.50. The third kappa shape index (κ3) is 1.82. The van der Waals surface area contributed by atoms with E-state index in [9.17, 15) is 0 Å². The Labute approximate surface area is 120 Å². The van der Waals surface area contributed by atoms with E-state index in [2.05, 4.69) is 15.2 Å². The van der Waals surface area contributed by atoms with Gasteiger partial charge in [-0.25, -0.2) is 4.98 Å². The molecule has 0 atom stereocenters. The smallest absolute Gasteiger partial charge is 0.171 e. The highest BCUT2D eigenvalue weighted by Gasteiger charge is 2.11. The van der Waals surface area contributed by atoms with Crippen LogP contribution in [0.4, 0.5) is 0 Å². The lowest BCUT2D eigenvalue weighted by atomic mass is 10.2. The van der Waals surface area contributed by atoms with Crippen LogP contribution < -0.4 is 4.74 Å². The molecule has 0 saturated carbocycles. The first-order valence-electron chi connectivity index (χ1n) is 6.60. The summed E-state index contributed by atoms with van der Waals surface area (Å²) in [5, 5.41) is 9.60. The normalized spacial score (nSPS) is 11.1. The molecule has 0 aliphatic carbocycles. The minimum atomic E-state index is 0.769. The van der Waals surface area contributed by atoms with Crippen LogP contribution in [0.3, 0.4) is 0 Å². The summed E-state index contributed by atoms with van der Waals surface area (Å²) in [7, 11) is 1.65. The van der Waals surface area contributed by atoms with Crippen LogP contribution >= 0.6 is 0 Å². The summed E-state index contributed by atoms with van der Waals surface area (Å²) in [6.07, 6.45) is 1.76. The van der Waals surface area contributed by atoms with E-state index in [1.54, 1.807) is 13.4 Å². The Morgan fingerprint density at radius 2 is 1.76 bits per heavy atom. The summed E-state index contributed by atoms with van der Waals surface area (Å²) >= 11 is 0. The molecule has 0 amide bonds. The van der Waals surface area contributed by atoms with Gasteiger partial charge in [-0.05, 0) is 36.4 Å². The van der Waals surface area contributed by atoms with Crippen LogP contribution in [0.5, 0.6) is 5.75 Å². The van der Waals surface area contributed by atoms with Crippen molar-refractivity contribution in [3.63, 3.8) is 0 Å². The standard InChI is InChI=1S/C16H12N4O/c1-21-12-8-6-11(7-9-12)15-18-19-16-13-4-2-3-5-14(13)17-10-20(15)16/h2-10H,1H3. The SMILES string of the molecule is COc1ccc(-c2nnc3c4ccccc4ncn23)cc1. The highest BCUT2D eigenvalue weighted by molar-refractivity contribution is 5.91. The monoisotopic (exact) mass is 276 g/mol. The van der Waals surface area contributed by atoms with Crippen LogP contribution in [-0.2, 0) is 0 Å². The van der Waals surface area contributed by atoms with Crippen LogP contribution in [0.25, 0.3) is 27.9 Å². The molecule has 5 nitrogen and oxygen atoms in total. The van der Waals surface area contributed by atoms with Gasteiger partial charge in [0.1, 0.15) is 12.1 Å². The lowest BCUT2D eigenvalue weighted by molar-refractivity contribution is 0.415. The van der Waals surface area contributed by atoms with Gasteiger partial charge in [0.25, 0.3) is 0 Å². The van der Waals surface area contributed by atoms with Gasteiger partial charge in [-0.2, -0.15) is 0 Å². The first-order chi connectivity index (χ1) is 10.4. The summed E-state index contributed by atoms with van der Waals surface area (Å²) < 4.78 is 7.08. The Morgan fingerprint density at radius 1 is 0.952 bits per heavy atom. The number of para-hydroxylation sites is 1. The fraction of sp³-hybridized carbons (Fsp3) is 0.0625. The number of nitrogens with zero attached hydrogens (tertiary/aromatic N) is 4. The maximum atomic E-state index is 5.18. The zero-order valence-electron chi connectivity index (χ0n) is 11.4. The van der Waals surface area contributed by atoms with Crippen LogP contribution in [0.1, 0.15) is 0 Å². The Kier molecular flexibility index (Phi) is 2.57. The molecule has 4 aromatic rings. The Bertz CT molecular complexity index is 928. The van der Waals surface area contributed by atoms with Crippen LogP contribution in [-0.4, -0.2) is 26.7 Å². The second-order valence-electron chi connectivity index (χ2n) is 4.71. The molecular weight excluding hydrogens is 264 g/mol. The van der Waals surface area contributed by atoms with Gasteiger partial charge in [0.15, 0.2) is 11.5 Å². The Balaban J connectivity index is 1.95. The van der Waals surface area contributed by atoms with Crippen molar-refractivity contribution in [2.24, 2.45) is 0 Å². The van der Waals surface area contributed by atoms with Gasteiger partial charge in [-0.1, -0.05) is 12.1 Å². The van der Waals surface area contributed by atoms with Crippen molar-refractivity contribution in [1.29, 1.82) is 0 Å². The Hall–Kier alpha value is -2.95. The minimum absolute atomic E-state index is 0.769. The molecule has 0 saturated heterocycles. The van der Waals surface area contributed by atoms with E-state index in [4.69, 9.17) is 4.74 Å². The molecule has 2 aromatic carbocycles. The van der Waals surface area contributed by atoms with Crippen LogP contribution in [0, 0.1) is 0 Å². The molecule has 0 aliphatic heterocycles. The zero-order valence-corrected chi connectivity index (χ0v) is 11.4. The number of aromatic nitrogens is 4. The van der Waals surface area contributed by atoms with Gasteiger partial charge in [-0.15, -0.1) is 10.2 Å². The number of hydrogen-bond acceptors (Lipinski definition) is 4. The number of methoxy groups -OCH3 is 1. The average Bonchev–Trinajstić information content (AvgIpc) is 2.99. The maximum absolute atomic E-state index is 5.18. The molecule has 102 valence electrons. The third-order valence-corrected chi connectivity index (χ3v) is 3.50. The van der Waals surface area contributed by atoms with Gasteiger partial charge < -0.3 is 4.74 Å². The van der Waals surface area contributed by atoms with E-state index in [1.807, 2.05) is 52.9 Å². The number of hydrogen-bond donors (Lipinski definition) is 0. The Morgan fingerprint density at radius 3 is 2.57 bits per heavy atom. The topological polar surface area (TPSA) is 52.3 Å². The van der Waals surface area contributed by atoms with Crippen molar-refractivity contribution in [1.82, 2.24) is 19.6 Å². The van der Waals surface area contributed by atoms with E-state index in [0.717, 1.165) is 33.7 Å². The summed E-state index contributed by atoms with van der Waals surface area (Å²) in [5.41, 5.74) is 2.70. The molecule has 21 heavy (non-hydrogen) atoms. The largest absolute Gasteiger partial charge is 0.497 e. The van der Waals surface area contributed by atoms with Gasteiger partial charge in [0.2, 0.25) is 0 Å². The van der Waals surface area contributed by atoms with E-state index in [0.29, 0.717) is 0 Å². The van der Waals surface area contributed by atoms with Crippen LogP contribution in [0.2, 0.25) is 0 Å². The molecule has 4 rings (SSSR count). The van der Waals surface area contributed by atoms with E-state index >= 15 is 0 Å². The molecule has 0 radical (unpaired) electrons. The van der Waals surface area contributed by atoms with Crippen molar-refractivity contribution in [3.8, 4) is 17.1 Å². The molecule has 0 spiro atoms. The quantitative estimate of drug-likeness (QED) is 0.565. The maximum Gasteiger partial charge on any atom is 0.171 e. The predicted molar refractivity (Wildman–Crippen MR) is 80.3 cm³/mol. The molecule has 5 heteroatoms. The van der Waals surface area contributed by atoms with Crippen molar-refractivity contribution in [3.05, 3.63) is 54.9 Å². The average molecular weight is 276 g/mol. The lowest BCUT2D eigenvalue weighted by Gasteiger charge is -2.03. The highest BCUT2D eigenvalue weighted by Crippen LogP contribution is 2.24. The van der Waals surface area contributed by atoms with Gasteiger partial charge >= 0.3 is 0 Å². The number of ether oxygens (including phenoxy) is 1. The minimum Gasteiger partial charge on any atom is -0.497 e. The predicted octanol–water partition coefficient (Wildman–Crippen LogP) is 2.95. The summed E-state index contributed by atoms with van der Waals surface area (Å²) in [6.45, 7) is 0. The summed E-state index contributed by atoms with van der Waals surface area (Å²) in [6, 6.07) is 15.7. The van der Waals surface area contributed by atoms with Gasteiger partial charge in [-0.3, -0.25) is 4.40 Å². The van der Waals surface area contributed by atoms with Crippen molar-refractivity contribution >= 4 is 16.6 Å². The van der Waals surface area contributed by atoms with E-state index in [-0.39, 0.29) is 0 Å².